The number of rotatable bonds is 5. The highest BCUT2D eigenvalue weighted by Crippen LogP contribution is 2.47. The van der Waals surface area contributed by atoms with Crippen molar-refractivity contribution in [3.63, 3.8) is 0 Å². The summed E-state index contributed by atoms with van der Waals surface area (Å²) < 4.78 is 38.7. The molecule has 1 spiro atoms. The number of hydrogen-bond acceptors (Lipinski definition) is 10. The number of fused-ring (bicyclic) bond motifs is 3. The van der Waals surface area contributed by atoms with Crippen LogP contribution in [0.4, 0.5) is 24.4 Å². The largest absolute Gasteiger partial charge is 0.461 e. The first-order valence-electron chi connectivity index (χ1n) is 17.8. The lowest BCUT2D eigenvalue weighted by atomic mass is 9.73. The molecule has 5 aliphatic rings. The number of nitrogen functional groups attached to an aromatic ring is 1. The van der Waals surface area contributed by atoms with Gasteiger partial charge in [-0.1, -0.05) is 17.7 Å². The van der Waals surface area contributed by atoms with Crippen molar-refractivity contribution >= 4 is 60.8 Å². The van der Waals surface area contributed by atoms with E-state index in [1.54, 1.807) is 11.0 Å². The van der Waals surface area contributed by atoms with E-state index >= 15 is 4.39 Å². The van der Waals surface area contributed by atoms with Crippen molar-refractivity contribution in [2.45, 2.75) is 56.5 Å². The lowest BCUT2D eigenvalue weighted by Gasteiger charge is -2.56. The van der Waals surface area contributed by atoms with Crippen LogP contribution in [0.1, 0.15) is 50.5 Å². The molecule has 4 aromatic rings. The Hall–Kier alpha value is -4.50. The van der Waals surface area contributed by atoms with Crippen LogP contribution >= 0.6 is 22.9 Å². The lowest BCUT2D eigenvalue weighted by Crippen LogP contribution is -2.68. The van der Waals surface area contributed by atoms with Crippen molar-refractivity contribution in [3.8, 4) is 29.3 Å². The van der Waals surface area contributed by atoms with E-state index in [1.807, 2.05) is 4.90 Å². The van der Waals surface area contributed by atoms with Crippen LogP contribution in [0, 0.1) is 39.7 Å². The van der Waals surface area contributed by atoms with Gasteiger partial charge in [0.25, 0.3) is 0 Å². The summed E-state index contributed by atoms with van der Waals surface area (Å²) in [6.07, 6.45) is 6.69. The number of piperidine rings is 1. The number of likely N-dealkylation sites (tertiary alicyclic amines) is 2. The van der Waals surface area contributed by atoms with E-state index < -0.39 is 11.6 Å². The first-order chi connectivity index (χ1) is 25.1. The van der Waals surface area contributed by atoms with Crippen molar-refractivity contribution in [2.75, 3.05) is 63.1 Å². The fourth-order valence-corrected chi connectivity index (χ4v) is 10.6. The summed E-state index contributed by atoms with van der Waals surface area (Å²) in [4.78, 5) is 30.8. The number of benzene rings is 2. The van der Waals surface area contributed by atoms with Crippen LogP contribution in [0.2, 0.25) is 5.02 Å². The Morgan fingerprint density at radius 2 is 1.85 bits per heavy atom. The standard InChI is InChI=1S/C37H36ClF2N9O2S/c38-25-14-23-30(29(40)28(25)22-4-5-26(39)31-27(22)24(16-42)32(43)52-31)44-34(51-20-37-8-2-11-48(37)12-3-9-37)45-33(23)46-10-1-7-36(17-46)18-47(19-36)35(50)49-13-6-21(49)15-41/h4-5,14,21H,1-3,6-13,17-20,43H2. The number of amides is 2. The lowest BCUT2D eigenvalue weighted by molar-refractivity contribution is -0.00462. The first-order valence-corrected chi connectivity index (χ1v) is 19.0. The molecule has 5 fully saturated rings. The zero-order chi connectivity index (χ0) is 35.9. The highest BCUT2D eigenvalue weighted by molar-refractivity contribution is 7.23. The molecule has 52 heavy (non-hydrogen) atoms. The number of thiophene rings is 1. The smallest absolute Gasteiger partial charge is 0.321 e. The quantitative estimate of drug-likeness (QED) is 0.242. The van der Waals surface area contributed by atoms with Gasteiger partial charge in [0.1, 0.15) is 40.9 Å². The van der Waals surface area contributed by atoms with Gasteiger partial charge >= 0.3 is 12.0 Å². The molecule has 2 aromatic heterocycles. The van der Waals surface area contributed by atoms with Crippen LogP contribution in [0.15, 0.2) is 18.2 Å². The summed E-state index contributed by atoms with van der Waals surface area (Å²) in [5, 5.41) is 20.1. The Morgan fingerprint density at radius 1 is 1.08 bits per heavy atom. The highest BCUT2D eigenvalue weighted by atomic mass is 35.5. The van der Waals surface area contributed by atoms with Crippen molar-refractivity contribution in [3.05, 3.63) is 40.4 Å². The Labute approximate surface area is 308 Å². The number of halogens is 3. The van der Waals surface area contributed by atoms with Gasteiger partial charge in [-0.2, -0.15) is 20.5 Å². The van der Waals surface area contributed by atoms with Gasteiger partial charge < -0.3 is 25.2 Å². The summed E-state index contributed by atoms with van der Waals surface area (Å²) in [6.45, 7) is 5.40. The van der Waals surface area contributed by atoms with Gasteiger partial charge in [-0.25, -0.2) is 13.6 Å². The molecule has 0 bridgehead atoms. The zero-order valence-corrected chi connectivity index (χ0v) is 30.0. The minimum absolute atomic E-state index is 0.00893. The number of anilines is 2. The third-order valence-electron chi connectivity index (χ3n) is 12.0. The Bertz CT molecular complexity index is 2240. The van der Waals surface area contributed by atoms with Gasteiger partial charge in [0, 0.05) is 54.5 Å². The average molecular weight is 744 g/mol. The molecular weight excluding hydrogens is 708 g/mol. The zero-order valence-electron chi connectivity index (χ0n) is 28.4. The molecule has 2 amide bonds. The molecular formula is C37H36ClF2N9O2S. The first kappa shape index (κ1) is 33.3. The normalized spacial score (nSPS) is 21.9. The molecule has 2 aromatic carbocycles. The van der Waals surface area contributed by atoms with E-state index in [1.165, 1.54) is 12.1 Å². The maximum absolute atomic E-state index is 17.2. The van der Waals surface area contributed by atoms with Crippen molar-refractivity contribution in [2.24, 2.45) is 5.41 Å². The summed E-state index contributed by atoms with van der Waals surface area (Å²) in [5.41, 5.74) is 6.16. The number of hydrogen-bond donors (Lipinski definition) is 1. The number of nitrogens with zero attached hydrogens (tertiary/aromatic N) is 8. The maximum Gasteiger partial charge on any atom is 0.321 e. The predicted molar refractivity (Wildman–Crippen MR) is 194 cm³/mol. The van der Waals surface area contributed by atoms with Crippen molar-refractivity contribution in [1.82, 2.24) is 24.7 Å². The Kier molecular flexibility index (Phi) is 7.88. The Morgan fingerprint density at radius 3 is 2.56 bits per heavy atom. The number of urea groups is 1. The minimum atomic E-state index is -0.729. The van der Waals surface area contributed by atoms with Gasteiger partial charge in [-0.05, 0) is 75.7 Å². The van der Waals surface area contributed by atoms with Crippen LogP contribution in [0.3, 0.4) is 0 Å². The number of ether oxygens (including phenoxy) is 1. The van der Waals surface area contributed by atoms with E-state index in [0.717, 1.165) is 63.0 Å². The maximum atomic E-state index is 17.2. The molecule has 0 aliphatic carbocycles. The molecule has 268 valence electrons. The summed E-state index contributed by atoms with van der Waals surface area (Å²) in [5.74, 6) is -0.794. The molecule has 5 aliphatic heterocycles. The second kappa shape index (κ2) is 12.3. The van der Waals surface area contributed by atoms with Crippen LogP contribution in [-0.2, 0) is 0 Å². The molecule has 0 saturated carbocycles. The second-order valence-corrected chi connectivity index (χ2v) is 16.5. The average Bonchev–Trinajstić information content (AvgIpc) is 3.79. The predicted octanol–water partition coefficient (Wildman–Crippen LogP) is 6.52. The van der Waals surface area contributed by atoms with E-state index in [4.69, 9.17) is 27.1 Å². The molecule has 1 unspecified atom stereocenters. The topological polar surface area (TPSA) is 139 Å². The molecule has 15 heteroatoms. The van der Waals surface area contributed by atoms with Gasteiger partial charge in [0.2, 0.25) is 0 Å². The van der Waals surface area contributed by atoms with Crippen LogP contribution in [0.25, 0.3) is 32.1 Å². The molecule has 5 saturated heterocycles. The van der Waals surface area contributed by atoms with Crippen molar-refractivity contribution in [1.29, 1.82) is 10.5 Å². The molecule has 1 atom stereocenters. The number of nitriles is 2. The number of carbonyl (C=O) groups excluding carboxylic acids is 1. The SMILES string of the molecule is N#Cc1c(N)sc2c(F)ccc(-c3c(Cl)cc4c(N5CCCC6(CN(C(=O)N7CCC7C#N)C6)C5)nc(OCC56CCCN5CCC6)nc4c3F)c12. The molecule has 11 nitrogen and oxygen atoms in total. The highest BCUT2D eigenvalue weighted by Gasteiger charge is 2.50. The molecule has 7 heterocycles. The number of carbonyl (C=O) groups is 1. The fourth-order valence-electron chi connectivity index (χ4n) is 9.36. The van der Waals surface area contributed by atoms with E-state index in [9.17, 15) is 19.7 Å². The monoisotopic (exact) mass is 743 g/mol. The van der Waals surface area contributed by atoms with Gasteiger partial charge in [-0.3, -0.25) is 4.90 Å². The van der Waals surface area contributed by atoms with Crippen molar-refractivity contribution < 1.29 is 18.3 Å². The summed E-state index contributed by atoms with van der Waals surface area (Å²) in [7, 11) is 0. The third-order valence-corrected chi connectivity index (χ3v) is 13.3. The Balaban J connectivity index is 1.12. The minimum Gasteiger partial charge on any atom is -0.461 e. The second-order valence-electron chi connectivity index (χ2n) is 15.0. The number of nitrogens with two attached hydrogens (primary N) is 1. The molecule has 0 radical (unpaired) electrons. The van der Waals surface area contributed by atoms with Crippen LogP contribution in [-0.4, -0.2) is 94.7 Å². The van der Waals surface area contributed by atoms with Gasteiger partial charge in [0.15, 0.2) is 5.82 Å². The summed E-state index contributed by atoms with van der Waals surface area (Å²) >= 11 is 7.87. The van der Waals surface area contributed by atoms with Crippen LogP contribution < -0.4 is 15.4 Å². The summed E-state index contributed by atoms with van der Waals surface area (Å²) in [6, 6.07) is 8.15. The van der Waals surface area contributed by atoms with E-state index in [0.29, 0.717) is 57.0 Å². The van der Waals surface area contributed by atoms with E-state index in [2.05, 4.69) is 26.9 Å². The molecule has 9 rings (SSSR count). The van der Waals surface area contributed by atoms with Crippen LogP contribution in [0.5, 0.6) is 6.01 Å². The third kappa shape index (κ3) is 5.06. The van der Waals surface area contributed by atoms with Gasteiger partial charge in [-0.15, -0.1) is 11.3 Å². The molecule has 2 N–H and O–H groups in total. The van der Waals surface area contributed by atoms with Gasteiger partial charge in [0.05, 0.1) is 26.9 Å². The van der Waals surface area contributed by atoms with E-state index in [-0.39, 0.29) is 71.4 Å². The number of aromatic nitrogens is 2. The fraction of sp³-hybridized carbons (Fsp3) is 0.486.